The fraction of sp³-hybridized carbons (Fsp3) is 0.450. The first kappa shape index (κ1) is 17.7. The average Bonchev–Trinajstić information content (AvgIpc) is 3.12. The van der Waals surface area contributed by atoms with E-state index in [4.69, 9.17) is 0 Å². The van der Waals surface area contributed by atoms with Gasteiger partial charge in [-0.3, -0.25) is 4.79 Å². The summed E-state index contributed by atoms with van der Waals surface area (Å²) in [6.45, 7) is 0.775. The summed E-state index contributed by atoms with van der Waals surface area (Å²) in [5.74, 6) is 2.35. The molecule has 0 radical (unpaired) electrons. The molecule has 2 aromatic heterocycles. The lowest BCUT2D eigenvalue weighted by atomic mass is 9.79. The molecule has 0 atom stereocenters. The van der Waals surface area contributed by atoms with Crippen LogP contribution in [-0.4, -0.2) is 50.3 Å². The van der Waals surface area contributed by atoms with Crippen LogP contribution in [0.1, 0.15) is 40.8 Å². The van der Waals surface area contributed by atoms with Crippen LogP contribution in [0.5, 0.6) is 0 Å². The van der Waals surface area contributed by atoms with Gasteiger partial charge in [-0.1, -0.05) is 18.2 Å². The van der Waals surface area contributed by atoms with Gasteiger partial charge in [0.25, 0.3) is 5.91 Å². The molecule has 3 aromatic rings. The SMILES string of the molecule is CN(C)Cc1nnc(C2CC(NC(=O)c3cn(C)c4ccccc34)C2)n1C. The van der Waals surface area contributed by atoms with Crippen LogP contribution in [0.3, 0.4) is 0 Å². The Bertz CT molecular complexity index is 980. The van der Waals surface area contributed by atoms with Gasteiger partial charge in [0, 0.05) is 43.2 Å². The summed E-state index contributed by atoms with van der Waals surface area (Å²) >= 11 is 0. The molecule has 2 heterocycles. The Hall–Kier alpha value is -2.67. The Morgan fingerprint density at radius 1 is 1.22 bits per heavy atom. The number of carbonyl (C=O) groups excluding carboxylic acids is 1. The van der Waals surface area contributed by atoms with Crippen LogP contribution in [0.15, 0.2) is 30.5 Å². The quantitative estimate of drug-likeness (QED) is 0.750. The lowest BCUT2D eigenvalue weighted by molar-refractivity contribution is 0.0908. The van der Waals surface area contributed by atoms with Crippen molar-refractivity contribution < 1.29 is 4.79 Å². The minimum atomic E-state index is 0.00140. The van der Waals surface area contributed by atoms with Gasteiger partial charge < -0.3 is 19.4 Å². The number of fused-ring (bicyclic) bond motifs is 1. The number of rotatable bonds is 5. The Balaban J connectivity index is 1.40. The highest BCUT2D eigenvalue weighted by Crippen LogP contribution is 2.36. The number of para-hydroxylation sites is 1. The maximum Gasteiger partial charge on any atom is 0.253 e. The van der Waals surface area contributed by atoms with Crippen molar-refractivity contribution in [1.29, 1.82) is 0 Å². The molecular weight excluding hydrogens is 340 g/mol. The number of aromatic nitrogens is 4. The van der Waals surface area contributed by atoms with E-state index in [1.165, 1.54) is 0 Å². The fourth-order valence-electron chi connectivity index (χ4n) is 3.88. The lowest BCUT2D eigenvalue weighted by Crippen LogP contribution is -2.44. The van der Waals surface area contributed by atoms with Crippen molar-refractivity contribution in [3.05, 3.63) is 47.7 Å². The van der Waals surface area contributed by atoms with E-state index in [9.17, 15) is 4.79 Å². The van der Waals surface area contributed by atoms with Gasteiger partial charge in [0.1, 0.15) is 11.6 Å². The van der Waals surface area contributed by atoms with Crippen LogP contribution in [-0.2, 0) is 20.6 Å². The molecule has 0 saturated heterocycles. The van der Waals surface area contributed by atoms with Crippen molar-refractivity contribution in [3.63, 3.8) is 0 Å². The summed E-state index contributed by atoms with van der Waals surface area (Å²) in [5, 5.41) is 12.9. The third kappa shape index (κ3) is 3.23. The molecule has 7 heteroatoms. The first-order valence-electron chi connectivity index (χ1n) is 9.32. The van der Waals surface area contributed by atoms with Crippen molar-refractivity contribution in [3.8, 4) is 0 Å². The molecule has 1 saturated carbocycles. The van der Waals surface area contributed by atoms with E-state index in [0.29, 0.717) is 5.92 Å². The van der Waals surface area contributed by atoms with Gasteiger partial charge in [0.05, 0.1) is 12.1 Å². The van der Waals surface area contributed by atoms with E-state index < -0.39 is 0 Å². The van der Waals surface area contributed by atoms with Crippen LogP contribution in [0.2, 0.25) is 0 Å². The molecule has 1 fully saturated rings. The highest BCUT2D eigenvalue weighted by molar-refractivity contribution is 6.07. The number of carbonyl (C=O) groups is 1. The zero-order valence-corrected chi connectivity index (χ0v) is 16.3. The van der Waals surface area contributed by atoms with Crippen molar-refractivity contribution in [2.24, 2.45) is 14.1 Å². The van der Waals surface area contributed by atoms with Gasteiger partial charge in [0.15, 0.2) is 0 Å². The number of nitrogens with zero attached hydrogens (tertiary/aromatic N) is 5. The van der Waals surface area contributed by atoms with Crippen LogP contribution >= 0.6 is 0 Å². The lowest BCUT2D eigenvalue weighted by Gasteiger charge is -2.35. The molecule has 0 bridgehead atoms. The normalized spacial score (nSPS) is 19.4. The van der Waals surface area contributed by atoms with Gasteiger partial charge in [0.2, 0.25) is 0 Å². The average molecular weight is 366 g/mol. The van der Waals surface area contributed by atoms with E-state index in [1.54, 1.807) is 0 Å². The van der Waals surface area contributed by atoms with Gasteiger partial charge >= 0.3 is 0 Å². The monoisotopic (exact) mass is 366 g/mol. The van der Waals surface area contributed by atoms with Gasteiger partial charge in [-0.15, -0.1) is 10.2 Å². The fourth-order valence-corrected chi connectivity index (χ4v) is 3.88. The molecule has 1 N–H and O–H groups in total. The molecule has 4 rings (SSSR count). The second-order valence-corrected chi connectivity index (χ2v) is 7.78. The van der Waals surface area contributed by atoms with E-state index in [-0.39, 0.29) is 11.9 Å². The molecule has 1 aliphatic rings. The van der Waals surface area contributed by atoms with Gasteiger partial charge in [-0.2, -0.15) is 0 Å². The van der Waals surface area contributed by atoms with Crippen molar-refractivity contribution in [2.75, 3.05) is 14.1 Å². The molecule has 1 aliphatic carbocycles. The van der Waals surface area contributed by atoms with E-state index in [0.717, 1.165) is 47.5 Å². The Morgan fingerprint density at radius 3 is 2.70 bits per heavy atom. The van der Waals surface area contributed by atoms with Crippen molar-refractivity contribution in [1.82, 2.24) is 29.5 Å². The van der Waals surface area contributed by atoms with Gasteiger partial charge in [-0.05, 0) is 33.0 Å². The topological polar surface area (TPSA) is 68.0 Å². The molecule has 0 aliphatic heterocycles. The van der Waals surface area contributed by atoms with E-state index in [2.05, 4.69) is 25.0 Å². The van der Waals surface area contributed by atoms with Crippen molar-refractivity contribution >= 4 is 16.8 Å². The highest BCUT2D eigenvalue weighted by Gasteiger charge is 2.35. The first-order chi connectivity index (χ1) is 12.9. The summed E-state index contributed by atoms with van der Waals surface area (Å²) in [7, 11) is 8.04. The summed E-state index contributed by atoms with van der Waals surface area (Å²) in [4.78, 5) is 14.8. The number of aryl methyl sites for hydroxylation is 1. The molecule has 1 amide bonds. The van der Waals surface area contributed by atoms with Crippen LogP contribution in [0, 0.1) is 0 Å². The first-order valence-corrected chi connectivity index (χ1v) is 9.32. The maximum absolute atomic E-state index is 12.7. The van der Waals surface area contributed by atoms with E-state index in [1.807, 2.05) is 63.2 Å². The van der Waals surface area contributed by atoms with Crippen molar-refractivity contribution in [2.45, 2.75) is 31.3 Å². The Kier molecular flexibility index (Phi) is 4.47. The summed E-state index contributed by atoms with van der Waals surface area (Å²) < 4.78 is 4.09. The van der Waals surface area contributed by atoms with Crippen LogP contribution < -0.4 is 5.32 Å². The third-order valence-corrected chi connectivity index (χ3v) is 5.44. The second kappa shape index (κ2) is 6.81. The minimum absolute atomic E-state index is 0.00140. The minimum Gasteiger partial charge on any atom is -0.350 e. The number of amides is 1. The summed E-state index contributed by atoms with van der Waals surface area (Å²) in [5.41, 5.74) is 1.81. The number of hydrogen-bond donors (Lipinski definition) is 1. The molecule has 142 valence electrons. The summed E-state index contributed by atoms with van der Waals surface area (Å²) in [6, 6.07) is 8.18. The Morgan fingerprint density at radius 2 is 1.96 bits per heavy atom. The molecule has 0 spiro atoms. The van der Waals surface area contributed by atoms with Crippen LogP contribution in [0.4, 0.5) is 0 Å². The van der Waals surface area contributed by atoms with E-state index >= 15 is 0 Å². The standard InChI is InChI=1S/C20H26N6O/c1-24(2)12-18-22-23-19(26(18)4)13-9-14(10-13)21-20(27)16-11-25(3)17-8-6-5-7-15(16)17/h5-8,11,13-14H,9-10,12H2,1-4H3,(H,21,27). The maximum atomic E-state index is 12.7. The highest BCUT2D eigenvalue weighted by atomic mass is 16.1. The molecule has 7 nitrogen and oxygen atoms in total. The number of nitrogens with one attached hydrogen (secondary N) is 1. The third-order valence-electron chi connectivity index (χ3n) is 5.44. The molecular formula is C20H26N6O. The molecule has 1 aromatic carbocycles. The largest absolute Gasteiger partial charge is 0.350 e. The number of hydrogen-bond acceptors (Lipinski definition) is 4. The second-order valence-electron chi connectivity index (χ2n) is 7.78. The zero-order chi connectivity index (χ0) is 19.1. The predicted molar refractivity (Wildman–Crippen MR) is 105 cm³/mol. The zero-order valence-electron chi connectivity index (χ0n) is 16.3. The van der Waals surface area contributed by atoms with Gasteiger partial charge in [-0.25, -0.2) is 0 Å². The smallest absolute Gasteiger partial charge is 0.253 e. The Labute approximate surface area is 159 Å². The predicted octanol–water partition coefficient (Wildman–Crippen LogP) is 2.04. The molecule has 27 heavy (non-hydrogen) atoms. The number of benzene rings is 1. The van der Waals surface area contributed by atoms with Crippen LogP contribution in [0.25, 0.3) is 10.9 Å². The molecule has 0 unspecified atom stereocenters. The summed E-state index contributed by atoms with van der Waals surface area (Å²) in [6.07, 6.45) is 3.72.